The molecule has 0 amide bonds. The Labute approximate surface area is 125 Å². The van der Waals surface area contributed by atoms with Gasteiger partial charge in [0.1, 0.15) is 5.82 Å². The first kappa shape index (κ1) is 19.1. The van der Waals surface area contributed by atoms with Crippen LogP contribution in [0.4, 0.5) is 4.39 Å². The largest absolute Gasteiger partial charge is 0.321 e. The Morgan fingerprint density at radius 3 is 2.38 bits per heavy atom. The molecule has 1 atom stereocenters. The van der Waals surface area contributed by atoms with Crippen molar-refractivity contribution in [2.45, 2.75) is 53.5 Å². The summed E-state index contributed by atoms with van der Waals surface area (Å²) >= 11 is 0. The fourth-order valence-corrected chi connectivity index (χ4v) is 1.94. The number of nitro groups is 1. The molecule has 0 aliphatic carbocycles. The molecular formula is C16H25FN2O2. The van der Waals surface area contributed by atoms with Crippen LogP contribution in [0.25, 0.3) is 5.52 Å². The van der Waals surface area contributed by atoms with Gasteiger partial charge in [0.25, 0.3) is 0 Å². The fourth-order valence-electron chi connectivity index (χ4n) is 1.94. The van der Waals surface area contributed by atoms with Crippen molar-refractivity contribution in [1.82, 2.24) is 4.40 Å². The summed E-state index contributed by atoms with van der Waals surface area (Å²) in [4.78, 5) is 10.5. The van der Waals surface area contributed by atoms with Crippen LogP contribution in [0.15, 0.2) is 30.6 Å². The minimum absolute atomic E-state index is 0.257. The maximum Gasteiger partial charge on any atom is 0.216 e. The molecule has 1 unspecified atom stereocenters. The van der Waals surface area contributed by atoms with E-state index >= 15 is 0 Å². The van der Waals surface area contributed by atoms with Crippen molar-refractivity contribution in [2.75, 3.05) is 0 Å². The van der Waals surface area contributed by atoms with E-state index in [1.807, 2.05) is 27.7 Å². The van der Waals surface area contributed by atoms with E-state index in [0.717, 1.165) is 11.1 Å². The minimum atomic E-state index is -0.578. The van der Waals surface area contributed by atoms with Gasteiger partial charge >= 0.3 is 0 Å². The molecule has 0 aliphatic rings. The third kappa shape index (κ3) is 5.17. The summed E-state index contributed by atoms with van der Waals surface area (Å²) in [6, 6.07) is 4.25. The zero-order valence-electron chi connectivity index (χ0n) is 13.5. The first-order valence-electron chi connectivity index (χ1n) is 7.50. The van der Waals surface area contributed by atoms with Crippen molar-refractivity contribution in [3.63, 3.8) is 0 Å². The van der Waals surface area contributed by atoms with E-state index in [4.69, 9.17) is 0 Å². The molecule has 0 aromatic carbocycles. The van der Waals surface area contributed by atoms with Gasteiger partial charge in [-0.25, -0.2) is 4.39 Å². The van der Waals surface area contributed by atoms with E-state index in [1.165, 1.54) is 12.3 Å². The van der Waals surface area contributed by atoms with Crippen LogP contribution in [0, 0.1) is 15.9 Å². The molecule has 0 bridgehead atoms. The molecule has 0 saturated heterocycles. The lowest BCUT2D eigenvalue weighted by molar-refractivity contribution is -0.522. The van der Waals surface area contributed by atoms with Gasteiger partial charge in [0, 0.05) is 35.7 Å². The number of fused-ring (bicyclic) bond motifs is 1. The van der Waals surface area contributed by atoms with Crippen LogP contribution < -0.4 is 0 Å². The first-order chi connectivity index (χ1) is 10.1. The highest BCUT2D eigenvalue weighted by atomic mass is 19.1. The van der Waals surface area contributed by atoms with Gasteiger partial charge < -0.3 is 4.40 Å². The Morgan fingerprint density at radius 1 is 1.24 bits per heavy atom. The number of hydrogen-bond acceptors (Lipinski definition) is 2. The van der Waals surface area contributed by atoms with Crippen molar-refractivity contribution in [1.29, 1.82) is 0 Å². The van der Waals surface area contributed by atoms with Gasteiger partial charge in [0.05, 0.1) is 0 Å². The molecule has 118 valence electrons. The molecule has 2 aromatic rings. The smallest absolute Gasteiger partial charge is 0.216 e. The average Bonchev–Trinajstić information content (AvgIpc) is 2.90. The van der Waals surface area contributed by atoms with Crippen molar-refractivity contribution in [3.8, 4) is 0 Å². The molecule has 0 spiro atoms. The highest BCUT2D eigenvalue weighted by molar-refractivity contribution is 5.55. The fraction of sp³-hybridized carbons (Fsp3) is 0.500. The second kappa shape index (κ2) is 9.91. The summed E-state index contributed by atoms with van der Waals surface area (Å²) in [5.41, 5.74) is 1.71. The van der Waals surface area contributed by atoms with E-state index in [1.54, 1.807) is 29.7 Å². The van der Waals surface area contributed by atoms with Gasteiger partial charge in [-0.05, 0) is 23.8 Å². The minimum Gasteiger partial charge on any atom is -0.321 e. The molecule has 2 heterocycles. The maximum absolute atomic E-state index is 13.0. The number of nitrogens with zero attached hydrogens (tertiary/aromatic N) is 2. The molecule has 0 fully saturated rings. The normalized spacial score (nSPS) is 11.0. The summed E-state index contributed by atoms with van der Waals surface area (Å²) < 4.78 is 14.6. The van der Waals surface area contributed by atoms with Crippen LogP contribution in [-0.2, 0) is 6.42 Å². The Morgan fingerprint density at radius 2 is 1.86 bits per heavy atom. The number of hydrogen-bond donors (Lipinski definition) is 0. The standard InChI is InChI=1S/C12H13FN2O2.2C2H6/c1-2-11(15(16)17)7-9-5-6-14-8-10(13)3-4-12(9)14;2*1-2/h3-6,8,11H,2,7H2,1H3;2*1-2H3. The van der Waals surface area contributed by atoms with E-state index in [0.29, 0.717) is 12.8 Å². The lowest BCUT2D eigenvalue weighted by atomic mass is 10.1. The zero-order chi connectivity index (χ0) is 16.4. The number of aromatic nitrogens is 1. The molecule has 2 rings (SSSR count). The lowest BCUT2D eigenvalue weighted by Gasteiger charge is -2.06. The molecular weight excluding hydrogens is 271 g/mol. The monoisotopic (exact) mass is 296 g/mol. The third-order valence-corrected chi connectivity index (χ3v) is 2.93. The predicted octanol–water partition coefficient (Wildman–Crippen LogP) is 4.73. The van der Waals surface area contributed by atoms with Crippen LogP contribution in [0.2, 0.25) is 0 Å². The number of pyridine rings is 1. The highest BCUT2D eigenvalue weighted by Crippen LogP contribution is 2.17. The Kier molecular flexibility index (Phi) is 9.01. The van der Waals surface area contributed by atoms with Gasteiger partial charge in [0.15, 0.2) is 0 Å². The molecule has 0 aliphatic heterocycles. The van der Waals surface area contributed by atoms with Crippen LogP contribution in [-0.4, -0.2) is 15.4 Å². The van der Waals surface area contributed by atoms with Gasteiger partial charge in [-0.3, -0.25) is 10.1 Å². The van der Waals surface area contributed by atoms with E-state index < -0.39 is 6.04 Å². The summed E-state index contributed by atoms with van der Waals surface area (Å²) in [7, 11) is 0. The predicted molar refractivity (Wildman–Crippen MR) is 84.8 cm³/mol. The number of halogens is 1. The highest BCUT2D eigenvalue weighted by Gasteiger charge is 2.19. The number of rotatable bonds is 4. The van der Waals surface area contributed by atoms with Crippen molar-refractivity contribution >= 4 is 5.52 Å². The van der Waals surface area contributed by atoms with Crippen LogP contribution in [0.1, 0.15) is 46.6 Å². The quantitative estimate of drug-likeness (QED) is 0.605. The Hall–Kier alpha value is -1.91. The van der Waals surface area contributed by atoms with Crippen molar-refractivity contribution in [2.24, 2.45) is 0 Å². The third-order valence-electron chi connectivity index (χ3n) is 2.93. The molecule has 5 heteroatoms. The lowest BCUT2D eigenvalue weighted by Crippen LogP contribution is -2.20. The zero-order valence-corrected chi connectivity index (χ0v) is 13.5. The second-order valence-corrected chi connectivity index (χ2v) is 4.03. The average molecular weight is 296 g/mol. The summed E-state index contributed by atoms with van der Waals surface area (Å²) in [5.74, 6) is -0.319. The van der Waals surface area contributed by atoms with Crippen molar-refractivity contribution in [3.05, 3.63) is 52.1 Å². The SMILES string of the molecule is CC.CC.CCC(Cc1ccn2cc(F)ccc12)[N+](=O)[O-]. The first-order valence-corrected chi connectivity index (χ1v) is 7.50. The van der Waals surface area contributed by atoms with Crippen LogP contribution in [0.3, 0.4) is 0 Å². The topological polar surface area (TPSA) is 47.5 Å². The molecule has 0 N–H and O–H groups in total. The second-order valence-electron chi connectivity index (χ2n) is 4.03. The molecule has 21 heavy (non-hydrogen) atoms. The van der Waals surface area contributed by atoms with E-state index in [9.17, 15) is 14.5 Å². The van der Waals surface area contributed by atoms with E-state index in [2.05, 4.69) is 0 Å². The molecule has 2 aromatic heterocycles. The summed E-state index contributed by atoms with van der Waals surface area (Å²) in [6.07, 6.45) is 3.96. The van der Waals surface area contributed by atoms with Crippen LogP contribution >= 0.6 is 0 Å². The summed E-state index contributed by atoms with van der Waals surface area (Å²) in [6.45, 7) is 9.80. The van der Waals surface area contributed by atoms with Gasteiger partial charge in [-0.15, -0.1) is 0 Å². The molecule has 4 nitrogen and oxygen atoms in total. The molecule has 0 radical (unpaired) electrons. The van der Waals surface area contributed by atoms with Gasteiger partial charge in [-0.1, -0.05) is 34.6 Å². The van der Waals surface area contributed by atoms with Crippen molar-refractivity contribution < 1.29 is 9.31 Å². The van der Waals surface area contributed by atoms with Gasteiger partial charge in [-0.2, -0.15) is 0 Å². The van der Waals surface area contributed by atoms with Crippen LogP contribution in [0.5, 0.6) is 0 Å². The Bertz CT molecular complexity index is 552. The van der Waals surface area contributed by atoms with E-state index in [-0.39, 0.29) is 10.7 Å². The summed E-state index contributed by atoms with van der Waals surface area (Å²) in [5, 5.41) is 10.8. The van der Waals surface area contributed by atoms with Gasteiger partial charge in [0.2, 0.25) is 6.04 Å². The maximum atomic E-state index is 13.0. The Balaban J connectivity index is 0.000000921. The molecule has 0 saturated carbocycles.